The lowest BCUT2D eigenvalue weighted by Gasteiger charge is -2.11. The molecule has 1 heterocycles. The molecule has 0 amide bonds. The summed E-state index contributed by atoms with van der Waals surface area (Å²) in [7, 11) is 1.51. The molecule has 0 fully saturated rings. The highest BCUT2D eigenvalue weighted by atomic mass is 32.1. The Morgan fingerprint density at radius 2 is 2.15 bits per heavy atom. The first-order valence-corrected chi connectivity index (χ1v) is 7.41. The Bertz CT molecular complexity index is 573. The summed E-state index contributed by atoms with van der Waals surface area (Å²) in [5.74, 6) is 0.152. The van der Waals surface area contributed by atoms with Crippen LogP contribution in [-0.4, -0.2) is 23.9 Å². The predicted octanol–water partition coefficient (Wildman–Crippen LogP) is 3.41. The number of halogens is 1. The molecule has 0 aliphatic rings. The fourth-order valence-corrected chi connectivity index (χ4v) is 2.96. The quantitative estimate of drug-likeness (QED) is 0.887. The highest BCUT2D eigenvalue weighted by Crippen LogP contribution is 2.31. The molecule has 0 spiro atoms. The number of rotatable bonds is 6. The number of nitrogens with one attached hydrogen (secondary N) is 1. The molecule has 108 valence electrons. The van der Waals surface area contributed by atoms with Crippen molar-refractivity contribution in [1.82, 2.24) is 15.5 Å². The Balaban J connectivity index is 2.28. The molecular formula is C14H18FN3OS. The zero-order valence-electron chi connectivity index (χ0n) is 11.8. The standard InChI is InChI=1S/C14H18FN3OS/c1-4-12(16-5-2)14-18-17-13(20-14)10-7-6-9(19-3)8-11(10)15/h6-8,12,16H,4-5H2,1-3H3. The van der Waals surface area contributed by atoms with Gasteiger partial charge in [0.15, 0.2) is 5.01 Å². The van der Waals surface area contributed by atoms with Gasteiger partial charge in [-0.2, -0.15) is 0 Å². The van der Waals surface area contributed by atoms with Crippen molar-refractivity contribution in [2.45, 2.75) is 26.3 Å². The smallest absolute Gasteiger partial charge is 0.150 e. The lowest BCUT2D eigenvalue weighted by molar-refractivity contribution is 0.411. The minimum Gasteiger partial charge on any atom is -0.497 e. The number of benzene rings is 1. The van der Waals surface area contributed by atoms with Crippen LogP contribution in [0.4, 0.5) is 4.39 Å². The van der Waals surface area contributed by atoms with Crippen molar-refractivity contribution in [3.63, 3.8) is 0 Å². The molecule has 0 aliphatic heterocycles. The van der Waals surface area contributed by atoms with Crippen molar-refractivity contribution >= 4 is 11.3 Å². The molecule has 6 heteroatoms. The maximum absolute atomic E-state index is 14.0. The molecule has 0 saturated heterocycles. The number of hydrogen-bond donors (Lipinski definition) is 1. The van der Waals surface area contributed by atoms with Crippen LogP contribution in [-0.2, 0) is 0 Å². The van der Waals surface area contributed by atoms with E-state index >= 15 is 0 Å². The van der Waals surface area contributed by atoms with Crippen LogP contribution in [0.15, 0.2) is 18.2 Å². The van der Waals surface area contributed by atoms with Crippen LogP contribution >= 0.6 is 11.3 Å². The molecule has 1 aromatic heterocycles. The topological polar surface area (TPSA) is 47.0 Å². The van der Waals surface area contributed by atoms with Gasteiger partial charge in [-0.05, 0) is 25.1 Å². The normalized spacial score (nSPS) is 12.4. The second-order valence-electron chi connectivity index (χ2n) is 4.31. The van der Waals surface area contributed by atoms with E-state index in [0.717, 1.165) is 18.0 Å². The van der Waals surface area contributed by atoms with Gasteiger partial charge in [0.1, 0.15) is 16.6 Å². The molecule has 1 aromatic carbocycles. The van der Waals surface area contributed by atoms with Crippen molar-refractivity contribution < 1.29 is 9.13 Å². The van der Waals surface area contributed by atoms with E-state index in [1.807, 2.05) is 6.92 Å². The molecule has 1 unspecified atom stereocenters. The van der Waals surface area contributed by atoms with Crippen molar-refractivity contribution in [1.29, 1.82) is 0 Å². The van der Waals surface area contributed by atoms with E-state index in [9.17, 15) is 4.39 Å². The van der Waals surface area contributed by atoms with Crippen LogP contribution < -0.4 is 10.1 Å². The molecule has 4 nitrogen and oxygen atoms in total. The Labute approximate surface area is 122 Å². The number of hydrogen-bond acceptors (Lipinski definition) is 5. The van der Waals surface area contributed by atoms with Crippen molar-refractivity contribution in [3.8, 4) is 16.3 Å². The maximum atomic E-state index is 14.0. The molecule has 1 atom stereocenters. The molecule has 20 heavy (non-hydrogen) atoms. The molecular weight excluding hydrogens is 277 g/mol. The number of nitrogens with zero attached hydrogens (tertiary/aromatic N) is 2. The number of methoxy groups -OCH3 is 1. The minimum absolute atomic E-state index is 0.174. The van der Waals surface area contributed by atoms with Gasteiger partial charge in [-0.3, -0.25) is 0 Å². The summed E-state index contributed by atoms with van der Waals surface area (Å²) < 4.78 is 19.0. The molecule has 2 rings (SSSR count). The third-order valence-corrected chi connectivity index (χ3v) is 4.07. The molecule has 0 saturated carbocycles. The van der Waals surface area contributed by atoms with Gasteiger partial charge in [0.05, 0.1) is 13.2 Å². The van der Waals surface area contributed by atoms with Gasteiger partial charge in [-0.1, -0.05) is 25.2 Å². The molecule has 2 aromatic rings. The van der Waals surface area contributed by atoms with E-state index in [4.69, 9.17) is 4.74 Å². The first-order valence-electron chi connectivity index (χ1n) is 6.60. The highest BCUT2D eigenvalue weighted by Gasteiger charge is 2.17. The molecule has 0 aliphatic carbocycles. The zero-order valence-corrected chi connectivity index (χ0v) is 12.6. The third kappa shape index (κ3) is 3.13. The Morgan fingerprint density at radius 3 is 2.75 bits per heavy atom. The van der Waals surface area contributed by atoms with E-state index in [1.54, 1.807) is 12.1 Å². The first kappa shape index (κ1) is 14.9. The van der Waals surface area contributed by atoms with Gasteiger partial charge in [-0.15, -0.1) is 10.2 Å². The summed E-state index contributed by atoms with van der Waals surface area (Å²) >= 11 is 1.42. The van der Waals surface area contributed by atoms with Gasteiger partial charge in [0.25, 0.3) is 0 Å². The summed E-state index contributed by atoms with van der Waals surface area (Å²) in [4.78, 5) is 0. The van der Waals surface area contributed by atoms with Gasteiger partial charge in [0.2, 0.25) is 0 Å². The SMILES string of the molecule is CCNC(CC)c1nnc(-c2ccc(OC)cc2F)s1. The third-order valence-electron chi connectivity index (χ3n) is 3.00. The van der Waals surface area contributed by atoms with E-state index in [0.29, 0.717) is 16.3 Å². The molecule has 0 radical (unpaired) electrons. The monoisotopic (exact) mass is 295 g/mol. The van der Waals surface area contributed by atoms with Crippen molar-refractivity contribution in [3.05, 3.63) is 29.0 Å². The summed E-state index contributed by atoms with van der Waals surface area (Å²) in [6.07, 6.45) is 0.924. The Kier molecular flexibility index (Phi) is 5.03. The largest absolute Gasteiger partial charge is 0.497 e. The zero-order chi connectivity index (χ0) is 14.5. The fraction of sp³-hybridized carbons (Fsp3) is 0.429. The summed E-state index contributed by atoms with van der Waals surface area (Å²) in [5.41, 5.74) is 0.459. The van der Waals surface area contributed by atoms with E-state index in [2.05, 4.69) is 22.4 Å². The van der Waals surface area contributed by atoms with Crippen molar-refractivity contribution in [2.75, 3.05) is 13.7 Å². The van der Waals surface area contributed by atoms with E-state index < -0.39 is 0 Å². The van der Waals surface area contributed by atoms with Crippen LogP contribution in [0.1, 0.15) is 31.3 Å². The summed E-state index contributed by atoms with van der Waals surface area (Å²) in [6.45, 7) is 5.00. The average molecular weight is 295 g/mol. The fourth-order valence-electron chi connectivity index (χ4n) is 1.93. The minimum atomic E-state index is -0.344. The van der Waals surface area contributed by atoms with Gasteiger partial charge < -0.3 is 10.1 Å². The molecule has 0 bridgehead atoms. The van der Waals surface area contributed by atoms with Crippen LogP contribution in [0.2, 0.25) is 0 Å². The van der Waals surface area contributed by atoms with Gasteiger partial charge in [-0.25, -0.2) is 4.39 Å². The maximum Gasteiger partial charge on any atom is 0.150 e. The predicted molar refractivity (Wildman–Crippen MR) is 78.6 cm³/mol. The van der Waals surface area contributed by atoms with Gasteiger partial charge in [0, 0.05) is 11.6 Å². The lowest BCUT2D eigenvalue weighted by Crippen LogP contribution is -2.19. The van der Waals surface area contributed by atoms with Gasteiger partial charge >= 0.3 is 0 Å². The first-order chi connectivity index (χ1) is 9.69. The van der Waals surface area contributed by atoms with Crippen LogP contribution in [0.3, 0.4) is 0 Å². The van der Waals surface area contributed by atoms with Crippen LogP contribution in [0.5, 0.6) is 5.75 Å². The Hall–Kier alpha value is -1.53. The van der Waals surface area contributed by atoms with Crippen LogP contribution in [0, 0.1) is 5.82 Å². The second-order valence-corrected chi connectivity index (χ2v) is 5.32. The summed E-state index contributed by atoms with van der Waals surface area (Å²) in [6, 6.07) is 4.93. The van der Waals surface area contributed by atoms with Crippen molar-refractivity contribution in [2.24, 2.45) is 0 Å². The highest BCUT2D eigenvalue weighted by molar-refractivity contribution is 7.14. The summed E-state index contributed by atoms with van der Waals surface area (Å²) in [5, 5.41) is 13.1. The molecule has 1 N–H and O–H groups in total. The Morgan fingerprint density at radius 1 is 1.35 bits per heavy atom. The van der Waals surface area contributed by atoms with E-state index in [-0.39, 0.29) is 11.9 Å². The lowest BCUT2D eigenvalue weighted by atomic mass is 10.2. The van der Waals surface area contributed by atoms with E-state index in [1.165, 1.54) is 24.5 Å². The number of ether oxygens (including phenoxy) is 1. The number of aromatic nitrogens is 2. The second kappa shape index (κ2) is 6.76. The van der Waals surface area contributed by atoms with Crippen LogP contribution in [0.25, 0.3) is 10.6 Å². The average Bonchev–Trinajstić information content (AvgIpc) is 2.93.